The van der Waals surface area contributed by atoms with Crippen molar-refractivity contribution in [3.63, 3.8) is 0 Å². The average molecular weight is 188 g/mol. The molecule has 0 unspecified atom stereocenters. The highest BCUT2D eigenvalue weighted by Crippen LogP contribution is 2.10. The van der Waals surface area contributed by atoms with E-state index in [1.54, 1.807) is 18.7 Å². The number of pyridine rings is 1. The number of rotatable bonds is 2. The number of nitrogens with two attached hydrogens (primary N) is 1. The molecule has 4 heteroatoms. The molecule has 2 aromatic rings. The van der Waals surface area contributed by atoms with Crippen LogP contribution in [0.5, 0.6) is 0 Å². The number of hydrogen-bond donors (Lipinski definition) is 1. The van der Waals surface area contributed by atoms with Crippen molar-refractivity contribution in [1.82, 2.24) is 14.5 Å². The first-order chi connectivity index (χ1) is 6.81. The zero-order valence-corrected chi connectivity index (χ0v) is 8.01. The van der Waals surface area contributed by atoms with Gasteiger partial charge in [-0.15, -0.1) is 0 Å². The Labute approximate surface area is 82.4 Å². The average Bonchev–Trinajstić information content (AvgIpc) is 2.65. The maximum absolute atomic E-state index is 5.59. The Morgan fingerprint density at radius 3 is 2.86 bits per heavy atom. The van der Waals surface area contributed by atoms with Gasteiger partial charge in [-0.2, -0.15) is 0 Å². The maximum atomic E-state index is 5.59. The van der Waals surface area contributed by atoms with Gasteiger partial charge >= 0.3 is 0 Å². The molecule has 2 N–H and O–H groups in total. The summed E-state index contributed by atoms with van der Waals surface area (Å²) in [6.45, 7) is 2.49. The van der Waals surface area contributed by atoms with Crippen LogP contribution in [0.2, 0.25) is 0 Å². The van der Waals surface area contributed by atoms with Crippen molar-refractivity contribution < 1.29 is 0 Å². The molecule has 2 aromatic heterocycles. The summed E-state index contributed by atoms with van der Waals surface area (Å²) in [4.78, 5) is 8.18. The van der Waals surface area contributed by atoms with Crippen LogP contribution in [0.15, 0.2) is 31.0 Å². The molecule has 0 bridgehead atoms. The molecule has 0 aliphatic heterocycles. The number of aromatic nitrogens is 3. The van der Waals surface area contributed by atoms with Gasteiger partial charge in [-0.1, -0.05) is 0 Å². The van der Waals surface area contributed by atoms with Gasteiger partial charge in [0.1, 0.15) is 0 Å². The van der Waals surface area contributed by atoms with Crippen LogP contribution in [0.25, 0.3) is 5.69 Å². The summed E-state index contributed by atoms with van der Waals surface area (Å²) in [6.07, 6.45) is 7.14. The minimum absolute atomic E-state index is 0.480. The van der Waals surface area contributed by atoms with E-state index in [0.717, 1.165) is 16.9 Å². The monoisotopic (exact) mass is 188 g/mol. The van der Waals surface area contributed by atoms with Gasteiger partial charge in [0.2, 0.25) is 0 Å². The van der Waals surface area contributed by atoms with Gasteiger partial charge in [-0.3, -0.25) is 4.98 Å². The quantitative estimate of drug-likeness (QED) is 0.766. The smallest absolute Gasteiger partial charge is 0.0995 e. The molecule has 0 aliphatic carbocycles. The standard InChI is InChI=1S/C10H12N4/c1-8-2-9(5-12-4-8)14-7-13-6-10(14)3-11/h2,4-7H,3,11H2,1H3. The van der Waals surface area contributed by atoms with Gasteiger partial charge in [-0.05, 0) is 18.6 Å². The summed E-state index contributed by atoms with van der Waals surface area (Å²) in [5.41, 5.74) is 8.70. The van der Waals surface area contributed by atoms with Crippen molar-refractivity contribution in [2.45, 2.75) is 13.5 Å². The second-order valence-corrected chi connectivity index (χ2v) is 3.18. The first kappa shape index (κ1) is 8.90. The van der Waals surface area contributed by atoms with E-state index >= 15 is 0 Å². The van der Waals surface area contributed by atoms with Crippen LogP contribution in [0.3, 0.4) is 0 Å². The predicted molar refractivity (Wildman–Crippen MR) is 54.0 cm³/mol. The highest BCUT2D eigenvalue weighted by molar-refractivity contribution is 5.33. The van der Waals surface area contributed by atoms with E-state index in [0.29, 0.717) is 6.54 Å². The largest absolute Gasteiger partial charge is 0.325 e. The number of aryl methyl sites for hydroxylation is 1. The summed E-state index contributed by atoms with van der Waals surface area (Å²) in [7, 11) is 0. The normalized spacial score (nSPS) is 10.4. The van der Waals surface area contributed by atoms with Crippen LogP contribution in [0.1, 0.15) is 11.3 Å². The van der Waals surface area contributed by atoms with Crippen molar-refractivity contribution in [3.05, 3.63) is 42.2 Å². The molecular formula is C10H12N4. The van der Waals surface area contributed by atoms with E-state index in [9.17, 15) is 0 Å². The molecule has 0 radical (unpaired) electrons. The van der Waals surface area contributed by atoms with E-state index in [-0.39, 0.29) is 0 Å². The third kappa shape index (κ3) is 1.52. The van der Waals surface area contributed by atoms with Crippen molar-refractivity contribution in [1.29, 1.82) is 0 Å². The lowest BCUT2D eigenvalue weighted by atomic mass is 10.3. The molecule has 4 nitrogen and oxygen atoms in total. The molecule has 72 valence electrons. The fourth-order valence-electron chi connectivity index (χ4n) is 1.38. The molecule has 0 amide bonds. The predicted octanol–water partition coefficient (Wildman–Crippen LogP) is 1.03. The van der Waals surface area contributed by atoms with Gasteiger partial charge in [0, 0.05) is 18.9 Å². The van der Waals surface area contributed by atoms with Crippen molar-refractivity contribution >= 4 is 0 Å². The Hall–Kier alpha value is -1.68. The molecule has 0 spiro atoms. The van der Waals surface area contributed by atoms with E-state index in [4.69, 9.17) is 5.73 Å². The number of hydrogen-bond acceptors (Lipinski definition) is 3. The Balaban J connectivity index is 2.49. The van der Waals surface area contributed by atoms with E-state index in [2.05, 4.69) is 9.97 Å². The second-order valence-electron chi connectivity index (χ2n) is 3.18. The van der Waals surface area contributed by atoms with Crippen molar-refractivity contribution in [2.75, 3.05) is 0 Å². The van der Waals surface area contributed by atoms with Crippen LogP contribution in [-0.4, -0.2) is 14.5 Å². The summed E-state index contributed by atoms with van der Waals surface area (Å²) >= 11 is 0. The highest BCUT2D eigenvalue weighted by Gasteiger charge is 2.02. The summed E-state index contributed by atoms with van der Waals surface area (Å²) in [6, 6.07) is 2.05. The number of imidazole rings is 1. The van der Waals surface area contributed by atoms with Gasteiger partial charge in [0.15, 0.2) is 0 Å². The minimum Gasteiger partial charge on any atom is -0.325 e. The van der Waals surface area contributed by atoms with E-state index < -0.39 is 0 Å². The first-order valence-corrected chi connectivity index (χ1v) is 4.44. The van der Waals surface area contributed by atoms with Gasteiger partial charge in [0.25, 0.3) is 0 Å². The Bertz CT molecular complexity index is 433. The minimum atomic E-state index is 0.480. The molecule has 2 rings (SSSR count). The molecule has 0 fully saturated rings. The molecule has 0 aliphatic rings. The number of nitrogens with zero attached hydrogens (tertiary/aromatic N) is 3. The lowest BCUT2D eigenvalue weighted by molar-refractivity contribution is 0.903. The van der Waals surface area contributed by atoms with E-state index in [1.807, 2.05) is 23.8 Å². The summed E-state index contributed by atoms with van der Waals surface area (Å²) in [5, 5.41) is 0. The third-order valence-corrected chi connectivity index (χ3v) is 2.06. The van der Waals surface area contributed by atoms with Gasteiger partial charge in [-0.25, -0.2) is 4.98 Å². The van der Waals surface area contributed by atoms with Crippen LogP contribution in [0, 0.1) is 6.92 Å². The fourth-order valence-corrected chi connectivity index (χ4v) is 1.38. The van der Waals surface area contributed by atoms with E-state index in [1.165, 1.54) is 0 Å². The van der Waals surface area contributed by atoms with Crippen LogP contribution in [0.4, 0.5) is 0 Å². The van der Waals surface area contributed by atoms with Crippen molar-refractivity contribution in [2.24, 2.45) is 5.73 Å². The van der Waals surface area contributed by atoms with Gasteiger partial charge < -0.3 is 10.3 Å². The molecule has 0 saturated carbocycles. The highest BCUT2D eigenvalue weighted by atomic mass is 15.1. The van der Waals surface area contributed by atoms with Crippen LogP contribution >= 0.6 is 0 Å². The zero-order chi connectivity index (χ0) is 9.97. The SMILES string of the molecule is Cc1cncc(-n2cncc2CN)c1. The molecule has 14 heavy (non-hydrogen) atoms. The lowest BCUT2D eigenvalue weighted by Gasteiger charge is -2.06. The molecule has 0 atom stereocenters. The second kappa shape index (κ2) is 3.59. The topological polar surface area (TPSA) is 56.7 Å². The molecular weight excluding hydrogens is 176 g/mol. The molecule has 0 aromatic carbocycles. The fraction of sp³-hybridized carbons (Fsp3) is 0.200. The summed E-state index contributed by atoms with van der Waals surface area (Å²) in [5.74, 6) is 0. The molecule has 0 saturated heterocycles. The van der Waals surface area contributed by atoms with Crippen LogP contribution < -0.4 is 5.73 Å². The molecule has 2 heterocycles. The Morgan fingerprint density at radius 2 is 2.14 bits per heavy atom. The third-order valence-electron chi connectivity index (χ3n) is 2.06. The Morgan fingerprint density at radius 1 is 1.29 bits per heavy atom. The maximum Gasteiger partial charge on any atom is 0.0995 e. The van der Waals surface area contributed by atoms with Crippen molar-refractivity contribution in [3.8, 4) is 5.69 Å². The van der Waals surface area contributed by atoms with Crippen LogP contribution in [-0.2, 0) is 6.54 Å². The summed E-state index contributed by atoms with van der Waals surface area (Å²) < 4.78 is 1.94. The van der Waals surface area contributed by atoms with Gasteiger partial charge in [0.05, 0.1) is 23.9 Å². The lowest BCUT2D eigenvalue weighted by Crippen LogP contribution is -2.04. The Kier molecular flexibility index (Phi) is 2.28. The first-order valence-electron chi connectivity index (χ1n) is 4.44. The zero-order valence-electron chi connectivity index (χ0n) is 8.01.